The summed E-state index contributed by atoms with van der Waals surface area (Å²) in [5.41, 5.74) is 7.36. The van der Waals surface area contributed by atoms with Gasteiger partial charge in [0.15, 0.2) is 17.3 Å². The molecule has 0 atom stereocenters. The molecule has 0 unspecified atom stereocenters. The van der Waals surface area contributed by atoms with Crippen LogP contribution in [-0.2, 0) is 13.2 Å². The molecule has 0 saturated carbocycles. The van der Waals surface area contributed by atoms with Gasteiger partial charge in [-0.15, -0.1) is 0 Å². The number of aryl methyl sites for hydroxylation is 2. The van der Waals surface area contributed by atoms with Crippen molar-refractivity contribution < 1.29 is 23.4 Å². The zero-order chi connectivity index (χ0) is 30.3. The molecule has 220 valence electrons. The quantitative estimate of drug-likeness (QED) is 0.120. The Bertz CT molecular complexity index is 1720. The summed E-state index contributed by atoms with van der Waals surface area (Å²) < 4.78 is 25.0. The second-order valence-electron chi connectivity index (χ2n) is 9.65. The number of hydrogen-bond donors (Lipinski definition) is 1. The highest BCUT2D eigenvalue weighted by Crippen LogP contribution is 2.36. The zero-order valence-corrected chi connectivity index (χ0v) is 25.3. The van der Waals surface area contributed by atoms with E-state index in [2.05, 4.69) is 41.1 Å². The van der Waals surface area contributed by atoms with Crippen LogP contribution >= 0.6 is 23.2 Å². The van der Waals surface area contributed by atoms with Crippen LogP contribution in [-0.4, -0.2) is 23.8 Å². The van der Waals surface area contributed by atoms with Gasteiger partial charge in [-0.2, -0.15) is 5.10 Å². The van der Waals surface area contributed by atoms with E-state index >= 15 is 0 Å². The second-order valence-corrected chi connectivity index (χ2v) is 10.5. The fourth-order valence-electron chi connectivity index (χ4n) is 4.41. The number of rotatable bonds is 11. The topological polar surface area (TPSA) is 87.2 Å². The lowest BCUT2D eigenvalue weighted by molar-refractivity contribution is 0.0923. The van der Waals surface area contributed by atoms with Crippen LogP contribution in [0.2, 0.25) is 10.0 Å². The summed E-state index contributed by atoms with van der Waals surface area (Å²) in [7, 11) is 1.52. The number of carbonyl (C=O) groups is 1. The Balaban J connectivity index is 1.14. The number of halogens is 2. The van der Waals surface area contributed by atoms with Crippen LogP contribution in [0.15, 0.2) is 94.4 Å². The maximum Gasteiger partial charge on any atom is 0.307 e. The third-order valence-corrected chi connectivity index (χ3v) is 7.09. The summed E-state index contributed by atoms with van der Waals surface area (Å²) in [5.74, 6) is 1.61. The van der Waals surface area contributed by atoms with Crippen LogP contribution < -0.4 is 19.6 Å². The van der Waals surface area contributed by atoms with Gasteiger partial charge >= 0.3 is 5.91 Å². The maximum absolute atomic E-state index is 12.6. The Morgan fingerprint density at radius 1 is 0.907 bits per heavy atom. The van der Waals surface area contributed by atoms with Crippen LogP contribution in [0.3, 0.4) is 0 Å². The summed E-state index contributed by atoms with van der Waals surface area (Å²) in [4.78, 5) is 12.6. The van der Waals surface area contributed by atoms with Crippen molar-refractivity contribution in [3.05, 3.63) is 129 Å². The fraction of sp³-hybridized carbons (Fsp3) is 0.152. The molecule has 0 fully saturated rings. The number of carbonyl (C=O) groups excluding carboxylic acids is 1. The maximum atomic E-state index is 12.6. The van der Waals surface area contributed by atoms with E-state index in [1.807, 2.05) is 36.4 Å². The molecule has 0 bridgehead atoms. The Morgan fingerprint density at radius 2 is 1.63 bits per heavy atom. The van der Waals surface area contributed by atoms with Gasteiger partial charge < -0.3 is 23.2 Å². The number of hydrogen-bond acceptors (Lipinski definition) is 6. The number of aromatic nitrogens is 1. The van der Waals surface area contributed by atoms with E-state index in [9.17, 15) is 4.79 Å². The highest BCUT2D eigenvalue weighted by molar-refractivity contribution is 6.32. The molecular weight excluding hydrogens is 589 g/mol. The molecule has 1 amide bonds. The number of methoxy groups -OCH3 is 1. The highest BCUT2D eigenvalue weighted by atomic mass is 35.5. The first-order chi connectivity index (χ1) is 20.8. The first-order valence-corrected chi connectivity index (χ1v) is 14.1. The SMILES string of the molecule is COc1cc(/C=N/NC(=O)c2ccc(COc3ccc(-n4c(C)ccc4C)cc3)o2)cc(Cl)c1OCc1ccc(Cl)cc1. The molecule has 2 heterocycles. The Kier molecular flexibility index (Phi) is 9.39. The average molecular weight is 619 g/mol. The van der Waals surface area contributed by atoms with E-state index in [0.29, 0.717) is 38.6 Å². The number of nitrogens with zero attached hydrogens (tertiary/aromatic N) is 2. The van der Waals surface area contributed by atoms with E-state index < -0.39 is 5.91 Å². The Morgan fingerprint density at radius 3 is 2.33 bits per heavy atom. The molecular formula is C33H29Cl2N3O5. The minimum atomic E-state index is -0.509. The number of benzene rings is 3. The highest BCUT2D eigenvalue weighted by Gasteiger charge is 2.14. The number of amides is 1. The average Bonchev–Trinajstić information content (AvgIpc) is 3.62. The molecule has 0 aliphatic carbocycles. The summed E-state index contributed by atoms with van der Waals surface area (Å²) in [5, 5.41) is 5.01. The molecule has 10 heteroatoms. The number of hydrazone groups is 1. The van der Waals surface area contributed by atoms with Crippen LogP contribution in [0.4, 0.5) is 0 Å². The molecule has 0 aliphatic rings. The van der Waals surface area contributed by atoms with Gasteiger partial charge in [0, 0.05) is 22.1 Å². The van der Waals surface area contributed by atoms with Crippen molar-refractivity contribution in [2.75, 3.05) is 7.11 Å². The second kappa shape index (κ2) is 13.5. The Hall–Kier alpha value is -4.66. The third-order valence-electron chi connectivity index (χ3n) is 6.56. The monoisotopic (exact) mass is 617 g/mol. The minimum Gasteiger partial charge on any atom is -0.493 e. The van der Waals surface area contributed by atoms with Crippen LogP contribution in [0.1, 0.15) is 38.8 Å². The first kappa shape index (κ1) is 29.8. The van der Waals surface area contributed by atoms with Crippen molar-refractivity contribution in [3.8, 4) is 22.9 Å². The van der Waals surface area contributed by atoms with Gasteiger partial charge in [0.25, 0.3) is 0 Å². The molecule has 5 rings (SSSR count). The molecule has 0 radical (unpaired) electrons. The van der Waals surface area contributed by atoms with Gasteiger partial charge in [-0.25, -0.2) is 5.43 Å². The summed E-state index contributed by atoms with van der Waals surface area (Å²) in [6, 6.07) is 25.9. The van der Waals surface area contributed by atoms with E-state index in [1.54, 1.807) is 36.4 Å². The fourth-order valence-corrected chi connectivity index (χ4v) is 4.81. The standard InChI is InChI=1S/C33H29Cl2N3O5/c1-21-4-5-22(2)38(21)26-10-12-27(13-11-26)41-20-28-14-15-30(43-28)33(39)37-36-18-24-16-29(35)32(31(17-24)40-3)42-19-23-6-8-25(34)9-7-23/h4-18H,19-20H2,1-3H3,(H,37,39)/b36-18+. The lowest BCUT2D eigenvalue weighted by Crippen LogP contribution is -2.16. The van der Waals surface area contributed by atoms with Gasteiger partial charge in [0.2, 0.25) is 0 Å². The van der Waals surface area contributed by atoms with Gasteiger partial charge in [-0.3, -0.25) is 4.79 Å². The van der Waals surface area contributed by atoms with Gasteiger partial charge in [-0.05, 0) is 97.8 Å². The molecule has 0 saturated heterocycles. The third kappa shape index (κ3) is 7.41. The smallest absolute Gasteiger partial charge is 0.307 e. The van der Waals surface area contributed by atoms with Crippen molar-refractivity contribution in [2.24, 2.45) is 5.10 Å². The molecule has 43 heavy (non-hydrogen) atoms. The van der Waals surface area contributed by atoms with Crippen molar-refractivity contribution in [1.82, 2.24) is 9.99 Å². The van der Waals surface area contributed by atoms with Crippen LogP contribution in [0.5, 0.6) is 17.2 Å². The van der Waals surface area contributed by atoms with Gasteiger partial charge in [0.1, 0.15) is 24.7 Å². The predicted octanol–water partition coefficient (Wildman–Crippen LogP) is 7.92. The summed E-state index contributed by atoms with van der Waals surface area (Å²) >= 11 is 12.4. The normalized spacial score (nSPS) is 11.1. The number of furan rings is 1. The zero-order valence-electron chi connectivity index (χ0n) is 23.8. The van der Waals surface area contributed by atoms with Crippen molar-refractivity contribution in [1.29, 1.82) is 0 Å². The number of ether oxygens (including phenoxy) is 3. The molecule has 1 N–H and O–H groups in total. The molecule has 8 nitrogen and oxygen atoms in total. The van der Waals surface area contributed by atoms with Crippen molar-refractivity contribution >= 4 is 35.3 Å². The van der Waals surface area contributed by atoms with Gasteiger partial charge in [-0.1, -0.05) is 35.3 Å². The molecule has 2 aromatic heterocycles. The van der Waals surface area contributed by atoms with E-state index in [0.717, 1.165) is 22.6 Å². The molecule has 3 aromatic carbocycles. The predicted molar refractivity (Wildman–Crippen MR) is 167 cm³/mol. The number of nitrogens with one attached hydrogen (secondary N) is 1. The Labute approximate surface area is 259 Å². The summed E-state index contributed by atoms with van der Waals surface area (Å²) in [6.45, 7) is 4.59. The largest absolute Gasteiger partial charge is 0.493 e. The van der Waals surface area contributed by atoms with Crippen molar-refractivity contribution in [2.45, 2.75) is 27.1 Å². The van der Waals surface area contributed by atoms with Crippen LogP contribution in [0, 0.1) is 13.8 Å². The molecule has 5 aromatic rings. The van der Waals surface area contributed by atoms with Crippen molar-refractivity contribution in [3.63, 3.8) is 0 Å². The lowest BCUT2D eigenvalue weighted by atomic mass is 10.2. The van der Waals surface area contributed by atoms with Gasteiger partial charge in [0.05, 0.1) is 18.3 Å². The lowest BCUT2D eigenvalue weighted by Gasteiger charge is -2.13. The van der Waals surface area contributed by atoms with E-state index in [1.165, 1.54) is 13.3 Å². The molecule has 0 spiro atoms. The van der Waals surface area contributed by atoms with Crippen LogP contribution in [0.25, 0.3) is 5.69 Å². The molecule has 0 aliphatic heterocycles. The first-order valence-electron chi connectivity index (χ1n) is 13.4. The minimum absolute atomic E-state index is 0.103. The summed E-state index contributed by atoms with van der Waals surface area (Å²) in [6.07, 6.45) is 1.45. The van der Waals surface area contributed by atoms with E-state index in [4.69, 9.17) is 41.8 Å². The van der Waals surface area contributed by atoms with E-state index in [-0.39, 0.29) is 19.0 Å².